The molecule has 1 aliphatic heterocycles. The lowest BCUT2D eigenvalue weighted by atomic mass is 10.2. The SMILES string of the molecule is COCCCNC(=S)Nc1ccc(N2CCCC2)c(S(=O)(=O)Nc2ccccc2OC)c1. The van der Waals surface area contributed by atoms with Crippen LogP contribution in [0.5, 0.6) is 5.75 Å². The number of benzene rings is 2. The molecule has 0 aromatic heterocycles. The van der Waals surface area contributed by atoms with Gasteiger partial charge in [0, 0.05) is 39.0 Å². The molecular formula is C22H30N4O4S2. The van der Waals surface area contributed by atoms with E-state index in [2.05, 4.69) is 20.3 Å². The van der Waals surface area contributed by atoms with Crippen LogP contribution >= 0.6 is 12.2 Å². The number of thiocarbonyl (C=S) groups is 1. The Morgan fingerprint density at radius 3 is 2.59 bits per heavy atom. The van der Waals surface area contributed by atoms with Gasteiger partial charge in [-0.3, -0.25) is 4.72 Å². The second kappa shape index (κ2) is 11.3. The number of nitrogens with zero attached hydrogens (tertiary/aromatic N) is 1. The fourth-order valence-electron chi connectivity index (χ4n) is 3.55. The molecule has 1 saturated heterocycles. The van der Waals surface area contributed by atoms with Gasteiger partial charge in [-0.15, -0.1) is 0 Å². The molecule has 3 rings (SSSR count). The van der Waals surface area contributed by atoms with E-state index in [1.807, 2.05) is 12.1 Å². The number of hydrogen-bond donors (Lipinski definition) is 3. The van der Waals surface area contributed by atoms with Gasteiger partial charge in [-0.2, -0.15) is 0 Å². The number of nitrogens with one attached hydrogen (secondary N) is 3. The molecule has 0 unspecified atom stereocenters. The smallest absolute Gasteiger partial charge is 0.264 e. The molecule has 0 radical (unpaired) electrons. The van der Waals surface area contributed by atoms with Crippen molar-refractivity contribution in [2.24, 2.45) is 0 Å². The van der Waals surface area contributed by atoms with Crippen LogP contribution in [-0.2, 0) is 14.8 Å². The monoisotopic (exact) mass is 478 g/mol. The maximum absolute atomic E-state index is 13.4. The van der Waals surface area contributed by atoms with Crippen molar-refractivity contribution < 1.29 is 17.9 Å². The minimum absolute atomic E-state index is 0.192. The highest BCUT2D eigenvalue weighted by molar-refractivity contribution is 7.93. The Labute approximate surface area is 195 Å². The van der Waals surface area contributed by atoms with Crippen LogP contribution in [0.3, 0.4) is 0 Å². The van der Waals surface area contributed by atoms with Crippen molar-refractivity contribution in [2.45, 2.75) is 24.2 Å². The van der Waals surface area contributed by atoms with Gasteiger partial charge in [-0.1, -0.05) is 12.1 Å². The van der Waals surface area contributed by atoms with Gasteiger partial charge in [0.25, 0.3) is 10.0 Å². The minimum atomic E-state index is -3.89. The summed E-state index contributed by atoms with van der Waals surface area (Å²) in [6, 6.07) is 12.2. The molecule has 0 aliphatic carbocycles. The summed E-state index contributed by atoms with van der Waals surface area (Å²) in [5.41, 5.74) is 1.66. The van der Waals surface area contributed by atoms with Crippen molar-refractivity contribution in [3.05, 3.63) is 42.5 Å². The summed E-state index contributed by atoms with van der Waals surface area (Å²) in [6.07, 6.45) is 2.89. The first-order valence-electron chi connectivity index (χ1n) is 10.5. The molecule has 1 aliphatic rings. The number of anilines is 3. The molecule has 2 aromatic rings. The van der Waals surface area contributed by atoms with E-state index in [0.29, 0.717) is 41.1 Å². The molecule has 0 spiro atoms. The van der Waals surface area contributed by atoms with E-state index in [0.717, 1.165) is 32.4 Å². The van der Waals surface area contributed by atoms with Crippen LogP contribution in [-0.4, -0.2) is 54.0 Å². The first-order valence-corrected chi connectivity index (χ1v) is 12.4. The van der Waals surface area contributed by atoms with Crippen LogP contribution in [0, 0.1) is 0 Å². The first kappa shape index (κ1) is 24.1. The number of hydrogen-bond acceptors (Lipinski definition) is 6. The highest BCUT2D eigenvalue weighted by Gasteiger charge is 2.25. The largest absolute Gasteiger partial charge is 0.495 e. The zero-order valence-electron chi connectivity index (χ0n) is 18.4. The van der Waals surface area contributed by atoms with Crippen LogP contribution in [0.4, 0.5) is 17.1 Å². The molecule has 0 amide bonds. The zero-order chi connectivity index (χ0) is 23.0. The minimum Gasteiger partial charge on any atom is -0.495 e. The first-order chi connectivity index (χ1) is 15.4. The summed E-state index contributed by atoms with van der Waals surface area (Å²) < 4.78 is 39.9. The number of sulfonamides is 1. The lowest BCUT2D eigenvalue weighted by Gasteiger charge is -2.23. The third-order valence-corrected chi connectivity index (χ3v) is 6.76. The summed E-state index contributed by atoms with van der Waals surface area (Å²) in [5.74, 6) is 0.453. The van der Waals surface area contributed by atoms with Crippen molar-refractivity contribution in [1.82, 2.24) is 5.32 Å². The predicted octanol–water partition coefficient (Wildman–Crippen LogP) is 3.42. The molecular weight excluding hydrogens is 448 g/mol. The summed E-state index contributed by atoms with van der Waals surface area (Å²) in [5, 5.41) is 6.60. The molecule has 8 nitrogen and oxygen atoms in total. The van der Waals surface area contributed by atoms with Crippen LogP contribution in [0.15, 0.2) is 47.4 Å². The van der Waals surface area contributed by atoms with Crippen LogP contribution < -0.4 is 25.0 Å². The van der Waals surface area contributed by atoms with Crippen LogP contribution in [0.2, 0.25) is 0 Å². The van der Waals surface area contributed by atoms with Gasteiger partial charge in [-0.25, -0.2) is 8.42 Å². The van der Waals surface area contributed by atoms with Crippen molar-refractivity contribution >= 4 is 44.4 Å². The van der Waals surface area contributed by atoms with E-state index in [9.17, 15) is 8.42 Å². The maximum Gasteiger partial charge on any atom is 0.264 e. The number of ether oxygens (including phenoxy) is 2. The topological polar surface area (TPSA) is 91.9 Å². The Morgan fingerprint density at radius 1 is 1.12 bits per heavy atom. The third kappa shape index (κ3) is 6.24. The Kier molecular flexibility index (Phi) is 8.54. The molecule has 0 saturated carbocycles. The summed E-state index contributed by atoms with van der Waals surface area (Å²) >= 11 is 5.35. The van der Waals surface area contributed by atoms with Gasteiger partial charge in [0.2, 0.25) is 0 Å². The van der Waals surface area contributed by atoms with Crippen molar-refractivity contribution in [3.63, 3.8) is 0 Å². The van der Waals surface area contributed by atoms with Gasteiger partial charge in [-0.05, 0) is 61.8 Å². The fourth-order valence-corrected chi connectivity index (χ4v) is 5.09. The average molecular weight is 479 g/mol. The molecule has 2 aromatic carbocycles. The molecule has 0 atom stereocenters. The van der Waals surface area contributed by atoms with E-state index < -0.39 is 10.0 Å². The van der Waals surface area contributed by atoms with Gasteiger partial charge in [0.15, 0.2) is 5.11 Å². The summed E-state index contributed by atoms with van der Waals surface area (Å²) in [7, 11) is -0.728. The standard InChI is InChI=1S/C22H30N4O4S2/c1-29-15-7-12-23-22(31)24-17-10-11-19(26-13-5-6-14-26)21(16-17)32(27,28)25-18-8-3-4-9-20(18)30-2/h3-4,8-11,16,25H,5-7,12-15H2,1-2H3,(H2,23,24,31). The Bertz CT molecular complexity index is 1020. The van der Waals surface area contributed by atoms with Crippen molar-refractivity contribution in [3.8, 4) is 5.75 Å². The predicted molar refractivity (Wildman–Crippen MR) is 132 cm³/mol. The van der Waals surface area contributed by atoms with Gasteiger partial charge in [0.05, 0.1) is 18.5 Å². The molecule has 3 N–H and O–H groups in total. The molecule has 32 heavy (non-hydrogen) atoms. The Hall–Kier alpha value is -2.56. The lowest BCUT2D eigenvalue weighted by Crippen LogP contribution is -2.30. The molecule has 0 bridgehead atoms. The molecule has 10 heteroatoms. The third-order valence-electron chi connectivity index (χ3n) is 5.12. The maximum atomic E-state index is 13.4. The molecule has 174 valence electrons. The average Bonchev–Trinajstić information content (AvgIpc) is 3.32. The summed E-state index contributed by atoms with van der Waals surface area (Å²) in [4.78, 5) is 2.29. The van der Waals surface area contributed by atoms with Crippen LogP contribution in [0.1, 0.15) is 19.3 Å². The number of para-hydroxylation sites is 2. The Morgan fingerprint density at radius 2 is 1.88 bits per heavy atom. The van der Waals surface area contributed by atoms with Gasteiger partial charge < -0.3 is 25.0 Å². The Balaban J connectivity index is 1.87. The highest BCUT2D eigenvalue weighted by Crippen LogP contribution is 2.33. The van der Waals surface area contributed by atoms with Crippen molar-refractivity contribution in [2.75, 3.05) is 55.4 Å². The van der Waals surface area contributed by atoms with Crippen molar-refractivity contribution in [1.29, 1.82) is 0 Å². The van der Waals surface area contributed by atoms with Gasteiger partial charge in [0.1, 0.15) is 10.6 Å². The van der Waals surface area contributed by atoms with E-state index in [1.54, 1.807) is 37.4 Å². The molecule has 1 heterocycles. The zero-order valence-corrected chi connectivity index (χ0v) is 20.0. The lowest BCUT2D eigenvalue weighted by molar-refractivity contribution is 0.196. The van der Waals surface area contributed by atoms with E-state index in [1.165, 1.54) is 7.11 Å². The van der Waals surface area contributed by atoms with E-state index in [-0.39, 0.29) is 4.90 Å². The second-order valence-corrected chi connectivity index (χ2v) is 9.47. The van der Waals surface area contributed by atoms with Crippen LogP contribution in [0.25, 0.3) is 0 Å². The number of methoxy groups -OCH3 is 2. The quantitative estimate of drug-likeness (QED) is 0.353. The highest BCUT2D eigenvalue weighted by atomic mass is 32.2. The second-order valence-electron chi connectivity index (χ2n) is 7.41. The fraction of sp³-hybridized carbons (Fsp3) is 0.409. The number of rotatable bonds is 10. The van der Waals surface area contributed by atoms with E-state index in [4.69, 9.17) is 21.7 Å². The normalized spacial score (nSPS) is 13.6. The molecule has 1 fully saturated rings. The summed E-state index contributed by atoms with van der Waals surface area (Å²) in [6.45, 7) is 2.94. The van der Waals surface area contributed by atoms with E-state index >= 15 is 0 Å². The van der Waals surface area contributed by atoms with Gasteiger partial charge >= 0.3 is 0 Å².